The largest absolute Gasteiger partial charge is 0.380 e. The maximum absolute atomic E-state index is 6.45. The SMILES string of the molecule is NC1CCC(Nc2cc(-c3cncc(NCc4cccnc4)c3)c(Cl)cn2)CC1. The molecular formula is C22H25ClN6. The Bertz CT molecular complexity index is 941. The van der Waals surface area contributed by atoms with Crippen molar-refractivity contribution in [1.29, 1.82) is 0 Å². The molecule has 29 heavy (non-hydrogen) atoms. The number of nitrogens with two attached hydrogens (primary N) is 1. The van der Waals surface area contributed by atoms with Crippen LogP contribution in [-0.2, 0) is 6.54 Å². The van der Waals surface area contributed by atoms with E-state index in [-0.39, 0.29) is 0 Å². The van der Waals surface area contributed by atoms with Crippen LogP contribution in [0, 0.1) is 0 Å². The highest BCUT2D eigenvalue weighted by molar-refractivity contribution is 6.33. The number of hydrogen-bond acceptors (Lipinski definition) is 6. The van der Waals surface area contributed by atoms with Gasteiger partial charge in [-0.05, 0) is 49.4 Å². The molecule has 0 atom stereocenters. The number of rotatable bonds is 6. The number of hydrogen-bond donors (Lipinski definition) is 3. The highest BCUT2D eigenvalue weighted by Crippen LogP contribution is 2.31. The van der Waals surface area contributed by atoms with E-state index in [0.717, 1.165) is 53.9 Å². The van der Waals surface area contributed by atoms with E-state index < -0.39 is 0 Å². The number of pyridine rings is 3. The van der Waals surface area contributed by atoms with Crippen LogP contribution in [0.5, 0.6) is 0 Å². The first kappa shape index (κ1) is 19.6. The van der Waals surface area contributed by atoms with Gasteiger partial charge in [0.05, 0.1) is 10.7 Å². The van der Waals surface area contributed by atoms with Gasteiger partial charge in [-0.2, -0.15) is 0 Å². The minimum absolute atomic E-state index is 0.328. The molecule has 0 amide bonds. The molecule has 1 aliphatic rings. The van der Waals surface area contributed by atoms with E-state index in [9.17, 15) is 0 Å². The summed E-state index contributed by atoms with van der Waals surface area (Å²) in [5.41, 5.74) is 9.90. The molecule has 0 aromatic carbocycles. The number of nitrogens with one attached hydrogen (secondary N) is 2. The van der Waals surface area contributed by atoms with E-state index in [1.165, 1.54) is 0 Å². The quantitative estimate of drug-likeness (QED) is 0.557. The Morgan fingerprint density at radius 2 is 1.90 bits per heavy atom. The van der Waals surface area contributed by atoms with Gasteiger partial charge in [-0.1, -0.05) is 17.7 Å². The van der Waals surface area contributed by atoms with Crippen LogP contribution in [0.3, 0.4) is 0 Å². The number of anilines is 2. The van der Waals surface area contributed by atoms with Gasteiger partial charge >= 0.3 is 0 Å². The normalized spacial score (nSPS) is 19.0. The fourth-order valence-electron chi connectivity index (χ4n) is 3.60. The zero-order valence-electron chi connectivity index (χ0n) is 16.2. The van der Waals surface area contributed by atoms with Crippen LogP contribution in [0.4, 0.5) is 11.5 Å². The first-order valence-corrected chi connectivity index (χ1v) is 10.3. The van der Waals surface area contributed by atoms with Crippen molar-refractivity contribution in [3.8, 4) is 11.1 Å². The van der Waals surface area contributed by atoms with Crippen molar-refractivity contribution in [2.45, 2.75) is 44.3 Å². The minimum atomic E-state index is 0.328. The number of halogens is 1. The highest BCUT2D eigenvalue weighted by Gasteiger charge is 2.19. The summed E-state index contributed by atoms with van der Waals surface area (Å²) in [4.78, 5) is 13.0. The van der Waals surface area contributed by atoms with Crippen molar-refractivity contribution in [3.63, 3.8) is 0 Å². The molecular weight excluding hydrogens is 384 g/mol. The molecule has 4 N–H and O–H groups in total. The van der Waals surface area contributed by atoms with Gasteiger partial charge in [0.15, 0.2) is 0 Å². The minimum Gasteiger partial charge on any atom is -0.380 e. The van der Waals surface area contributed by atoms with Crippen LogP contribution < -0.4 is 16.4 Å². The average molecular weight is 409 g/mol. The van der Waals surface area contributed by atoms with E-state index in [2.05, 4.69) is 25.6 Å². The molecule has 7 heteroatoms. The first-order valence-electron chi connectivity index (χ1n) is 9.93. The summed E-state index contributed by atoms with van der Waals surface area (Å²) in [5.74, 6) is 0.832. The molecule has 3 heterocycles. The smallest absolute Gasteiger partial charge is 0.126 e. The monoisotopic (exact) mass is 408 g/mol. The molecule has 0 bridgehead atoms. The lowest BCUT2D eigenvalue weighted by Gasteiger charge is -2.27. The molecule has 0 aliphatic heterocycles. The summed E-state index contributed by atoms with van der Waals surface area (Å²) < 4.78 is 0. The molecule has 1 aliphatic carbocycles. The van der Waals surface area contributed by atoms with Crippen LogP contribution in [0.15, 0.2) is 55.2 Å². The van der Waals surface area contributed by atoms with Gasteiger partial charge in [0, 0.05) is 60.7 Å². The Hall–Kier alpha value is -2.70. The predicted octanol–water partition coefficient (Wildman–Crippen LogP) is 4.49. The van der Waals surface area contributed by atoms with Gasteiger partial charge in [-0.15, -0.1) is 0 Å². The zero-order chi connectivity index (χ0) is 20.1. The van der Waals surface area contributed by atoms with Gasteiger partial charge < -0.3 is 16.4 Å². The predicted molar refractivity (Wildman–Crippen MR) is 118 cm³/mol. The second-order valence-electron chi connectivity index (χ2n) is 7.48. The van der Waals surface area contributed by atoms with E-state index in [1.54, 1.807) is 18.6 Å². The maximum atomic E-state index is 6.45. The topological polar surface area (TPSA) is 88.8 Å². The summed E-state index contributed by atoms with van der Waals surface area (Å²) in [7, 11) is 0. The van der Waals surface area contributed by atoms with Gasteiger partial charge in [-0.3, -0.25) is 9.97 Å². The van der Waals surface area contributed by atoms with Crippen LogP contribution in [0.25, 0.3) is 11.1 Å². The molecule has 4 rings (SSSR count). The fourth-order valence-corrected chi connectivity index (χ4v) is 3.81. The molecule has 1 saturated carbocycles. The Morgan fingerprint density at radius 3 is 2.69 bits per heavy atom. The Labute approximate surface area is 175 Å². The Balaban J connectivity index is 1.48. The third kappa shape index (κ3) is 5.22. The summed E-state index contributed by atoms with van der Waals surface area (Å²) in [6.07, 6.45) is 13.2. The first-order chi connectivity index (χ1) is 14.2. The van der Waals surface area contributed by atoms with Gasteiger partial charge in [-0.25, -0.2) is 4.98 Å². The van der Waals surface area contributed by atoms with E-state index in [4.69, 9.17) is 17.3 Å². The lowest BCUT2D eigenvalue weighted by atomic mass is 9.92. The second kappa shape index (κ2) is 9.20. The van der Waals surface area contributed by atoms with Gasteiger partial charge in [0.25, 0.3) is 0 Å². The van der Waals surface area contributed by atoms with Gasteiger partial charge in [0.2, 0.25) is 0 Å². The van der Waals surface area contributed by atoms with Crippen molar-refractivity contribution in [2.75, 3.05) is 10.6 Å². The fraction of sp³-hybridized carbons (Fsp3) is 0.318. The molecule has 6 nitrogen and oxygen atoms in total. The van der Waals surface area contributed by atoms with Crippen molar-refractivity contribution in [3.05, 3.63) is 65.8 Å². The molecule has 1 fully saturated rings. The average Bonchev–Trinajstić information content (AvgIpc) is 2.76. The second-order valence-corrected chi connectivity index (χ2v) is 7.89. The van der Waals surface area contributed by atoms with E-state index >= 15 is 0 Å². The summed E-state index contributed by atoms with van der Waals surface area (Å²) in [6, 6.07) is 8.74. The third-order valence-corrected chi connectivity index (χ3v) is 5.55. The molecule has 0 saturated heterocycles. The van der Waals surface area contributed by atoms with Crippen LogP contribution in [-0.4, -0.2) is 27.0 Å². The summed E-state index contributed by atoms with van der Waals surface area (Å²) in [6.45, 7) is 0.680. The molecule has 0 radical (unpaired) electrons. The molecule has 3 aromatic heterocycles. The van der Waals surface area contributed by atoms with E-state index in [1.807, 2.05) is 36.7 Å². The lowest BCUT2D eigenvalue weighted by molar-refractivity contribution is 0.410. The highest BCUT2D eigenvalue weighted by atomic mass is 35.5. The van der Waals surface area contributed by atoms with Crippen molar-refractivity contribution < 1.29 is 0 Å². The van der Waals surface area contributed by atoms with Crippen molar-refractivity contribution >= 4 is 23.1 Å². The molecule has 3 aromatic rings. The molecule has 0 unspecified atom stereocenters. The number of nitrogens with zero attached hydrogens (tertiary/aromatic N) is 3. The standard InChI is InChI=1S/C22H25ClN6/c23-21-14-28-22(29-18-5-3-17(24)4-6-18)9-20(21)16-8-19(13-26-12-16)27-11-15-2-1-7-25-10-15/h1-2,7-10,12-14,17-18,27H,3-6,11,24H2,(H,28,29). The number of aromatic nitrogens is 3. The van der Waals surface area contributed by atoms with Crippen LogP contribution in [0.1, 0.15) is 31.2 Å². The van der Waals surface area contributed by atoms with Crippen molar-refractivity contribution in [2.24, 2.45) is 5.73 Å². The zero-order valence-corrected chi connectivity index (χ0v) is 16.9. The molecule has 0 spiro atoms. The third-order valence-electron chi connectivity index (χ3n) is 5.25. The van der Waals surface area contributed by atoms with Gasteiger partial charge in [0.1, 0.15) is 5.82 Å². The summed E-state index contributed by atoms with van der Waals surface area (Å²) in [5, 5.41) is 7.52. The van der Waals surface area contributed by atoms with E-state index in [0.29, 0.717) is 23.7 Å². The molecule has 150 valence electrons. The maximum Gasteiger partial charge on any atom is 0.126 e. The van der Waals surface area contributed by atoms with Crippen LogP contribution in [0.2, 0.25) is 5.02 Å². The summed E-state index contributed by atoms with van der Waals surface area (Å²) >= 11 is 6.45. The Kier molecular flexibility index (Phi) is 6.22. The van der Waals surface area contributed by atoms with Crippen LogP contribution >= 0.6 is 11.6 Å². The lowest BCUT2D eigenvalue weighted by Crippen LogP contribution is -2.33. The van der Waals surface area contributed by atoms with Crippen molar-refractivity contribution in [1.82, 2.24) is 15.0 Å². The Morgan fingerprint density at radius 1 is 1.03 bits per heavy atom.